The molecule has 0 aromatic heterocycles. The van der Waals surface area contributed by atoms with Gasteiger partial charge in [-0.15, -0.1) is 0 Å². The van der Waals surface area contributed by atoms with Crippen LogP contribution in [0.5, 0.6) is 5.75 Å². The highest BCUT2D eigenvalue weighted by Crippen LogP contribution is 2.27. The lowest BCUT2D eigenvalue weighted by molar-refractivity contribution is -0.121. The van der Waals surface area contributed by atoms with Crippen LogP contribution in [0.1, 0.15) is 24.9 Å². The second-order valence-corrected chi connectivity index (χ2v) is 8.27. The Morgan fingerprint density at radius 3 is 2.50 bits per heavy atom. The highest BCUT2D eigenvalue weighted by Gasteiger charge is 2.15. The average Bonchev–Trinajstić information content (AvgIpc) is 2.62. The number of halogens is 1. The summed E-state index contributed by atoms with van der Waals surface area (Å²) in [7, 11) is -2.02. The number of amides is 1. The number of hydrogen-bond acceptors (Lipinski definition) is 4. The van der Waals surface area contributed by atoms with E-state index in [9.17, 15) is 13.2 Å². The maximum Gasteiger partial charge on any atom is 0.240 e. The van der Waals surface area contributed by atoms with Gasteiger partial charge in [-0.25, -0.2) is 13.1 Å². The summed E-state index contributed by atoms with van der Waals surface area (Å²) in [4.78, 5) is 12.3. The van der Waals surface area contributed by atoms with E-state index in [1.807, 2.05) is 25.1 Å². The fourth-order valence-electron chi connectivity index (χ4n) is 2.33. The lowest BCUT2D eigenvalue weighted by Gasteiger charge is -2.16. The van der Waals surface area contributed by atoms with Crippen molar-refractivity contribution in [2.75, 3.05) is 13.7 Å². The molecule has 0 radical (unpaired) electrons. The molecule has 6 nitrogen and oxygen atoms in total. The van der Waals surface area contributed by atoms with Crippen LogP contribution < -0.4 is 14.8 Å². The van der Waals surface area contributed by atoms with Gasteiger partial charge in [0.2, 0.25) is 15.9 Å². The number of nitrogens with one attached hydrogen (secondary N) is 2. The monoisotopic (exact) mass is 440 g/mol. The lowest BCUT2D eigenvalue weighted by Crippen LogP contribution is -2.32. The highest BCUT2D eigenvalue weighted by molar-refractivity contribution is 9.10. The first kappa shape index (κ1) is 20.4. The number of carbonyl (C=O) groups excluding carboxylic acids is 1. The van der Waals surface area contributed by atoms with Gasteiger partial charge in [0.15, 0.2) is 0 Å². The van der Waals surface area contributed by atoms with Gasteiger partial charge in [0.1, 0.15) is 5.75 Å². The second kappa shape index (κ2) is 9.16. The molecule has 140 valence electrons. The number of hydrogen-bond donors (Lipinski definition) is 2. The van der Waals surface area contributed by atoms with Crippen LogP contribution in [-0.4, -0.2) is 28.0 Å². The quantitative estimate of drug-likeness (QED) is 0.660. The summed E-state index contributed by atoms with van der Waals surface area (Å²) in [6, 6.07) is 13.4. The highest BCUT2D eigenvalue weighted by atomic mass is 79.9. The van der Waals surface area contributed by atoms with E-state index in [0.29, 0.717) is 5.75 Å². The van der Waals surface area contributed by atoms with Crippen LogP contribution in [0.3, 0.4) is 0 Å². The molecule has 2 aromatic rings. The van der Waals surface area contributed by atoms with Crippen LogP contribution in [0.25, 0.3) is 0 Å². The zero-order valence-corrected chi connectivity index (χ0v) is 16.9. The number of carbonyl (C=O) groups is 1. The number of benzene rings is 2. The zero-order valence-electron chi connectivity index (χ0n) is 14.5. The molecule has 26 heavy (non-hydrogen) atoms. The van der Waals surface area contributed by atoms with Gasteiger partial charge < -0.3 is 10.1 Å². The minimum absolute atomic E-state index is 0.0298. The smallest absolute Gasteiger partial charge is 0.240 e. The summed E-state index contributed by atoms with van der Waals surface area (Å²) in [6.45, 7) is 1.89. The van der Waals surface area contributed by atoms with Crippen molar-refractivity contribution in [2.24, 2.45) is 0 Å². The van der Waals surface area contributed by atoms with Crippen molar-refractivity contribution in [3.63, 3.8) is 0 Å². The Balaban J connectivity index is 1.86. The Morgan fingerprint density at radius 1 is 1.19 bits per heavy atom. The van der Waals surface area contributed by atoms with E-state index in [-0.39, 0.29) is 29.8 Å². The number of methoxy groups -OCH3 is 1. The van der Waals surface area contributed by atoms with Crippen LogP contribution in [0.15, 0.2) is 57.9 Å². The van der Waals surface area contributed by atoms with E-state index in [2.05, 4.69) is 26.0 Å². The van der Waals surface area contributed by atoms with Crippen molar-refractivity contribution < 1.29 is 17.9 Å². The molecule has 0 aliphatic carbocycles. The predicted octanol–water partition coefficient (Wildman–Crippen LogP) is 3.00. The van der Waals surface area contributed by atoms with E-state index in [0.717, 1.165) is 10.0 Å². The summed E-state index contributed by atoms with van der Waals surface area (Å²) >= 11 is 3.41. The summed E-state index contributed by atoms with van der Waals surface area (Å²) in [5.41, 5.74) is 0.913. The Morgan fingerprint density at radius 2 is 1.88 bits per heavy atom. The second-order valence-electron chi connectivity index (χ2n) is 5.64. The van der Waals surface area contributed by atoms with Gasteiger partial charge in [-0.2, -0.15) is 0 Å². The maximum atomic E-state index is 12.1. The van der Waals surface area contributed by atoms with E-state index in [4.69, 9.17) is 4.74 Å². The van der Waals surface area contributed by atoms with Crippen molar-refractivity contribution in [1.82, 2.24) is 10.0 Å². The zero-order chi connectivity index (χ0) is 19.2. The van der Waals surface area contributed by atoms with Gasteiger partial charge in [-0.1, -0.05) is 24.3 Å². The van der Waals surface area contributed by atoms with Crippen molar-refractivity contribution in [3.05, 3.63) is 58.6 Å². The Kier molecular flexibility index (Phi) is 7.19. The molecule has 2 rings (SSSR count). The van der Waals surface area contributed by atoms with Gasteiger partial charge in [0.25, 0.3) is 0 Å². The van der Waals surface area contributed by atoms with Gasteiger partial charge >= 0.3 is 0 Å². The molecule has 0 spiro atoms. The largest absolute Gasteiger partial charge is 0.496 e. The molecule has 0 fully saturated rings. The molecule has 1 atom stereocenters. The Labute approximate surface area is 162 Å². The van der Waals surface area contributed by atoms with Gasteiger partial charge in [-0.05, 0) is 52.7 Å². The first-order valence-electron chi connectivity index (χ1n) is 8.01. The van der Waals surface area contributed by atoms with Gasteiger partial charge in [-0.3, -0.25) is 4.79 Å². The molecule has 0 aliphatic rings. The molecule has 0 saturated heterocycles. The Bertz CT molecular complexity index is 857. The molecular formula is C18H21BrN2O4S. The summed E-state index contributed by atoms with van der Waals surface area (Å²) in [5, 5.41) is 2.85. The molecule has 2 aromatic carbocycles. The first-order valence-corrected chi connectivity index (χ1v) is 10.3. The molecule has 1 amide bonds. The third-order valence-electron chi connectivity index (χ3n) is 3.75. The minimum Gasteiger partial charge on any atom is -0.496 e. The number of rotatable bonds is 8. The first-order chi connectivity index (χ1) is 12.3. The topological polar surface area (TPSA) is 84.5 Å². The van der Waals surface area contributed by atoms with E-state index >= 15 is 0 Å². The molecule has 1 unspecified atom stereocenters. The lowest BCUT2D eigenvalue weighted by atomic mass is 10.1. The molecule has 8 heteroatoms. The fourth-order valence-corrected chi connectivity index (χ4v) is 3.94. The third kappa shape index (κ3) is 5.55. The van der Waals surface area contributed by atoms with E-state index in [1.165, 1.54) is 12.1 Å². The number of ether oxygens (including phenoxy) is 1. The fraction of sp³-hybridized carbons (Fsp3) is 0.278. The van der Waals surface area contributed by atoms with Crippen LogP contribution >= 0.6 is 15.9 Å². The molecule has 0 bridgehead atoms. The van der Waals surface area contributed by atoms with E-state index in [1.54, 1.807) is 25.3 Å². The average molecular weight is 441 g/mol. The molecule has 2 N–H and O–H groups in total. The molecular weight excluding hydrogens is 420 g/mol. The normalized spacial score (nSPS) is 12.4. The minimum atomic E-state index is -3.60. The molecule has 0 heterocycles. The maximum absolute atomic E-state index is 12.1. The summed E-state index contributed by atoms with van der Waals surface area (Å²) in [6.07, 6.45) is 0.0493. The summed E-state index contributed by atoms with van der Waals surface area (Å²) in [5.74, 6) is 0.475. The third-order valence-corrected chi connectivity index (χ3v) is 5.85. The van der Waals surface area contributed by atoms with Crippen LogP contribution in [0.2, 0.25) is 0 Å². The van der Waals surface area contributed by atoms with Crippen molar-refractivity contribution in [3.8, 4) is 5.75 Å². The standard InChI is InChI=1S/C18H21BrN2O4S/c1-13(14-8-9-17(25-2)16(19)12-14)21-18(22)10-11-20-26(23,24)15-6-4-3-5-7-15/h3-9,12-13,20H,10-11H2,1-2H3,(H,21,22). The molecule has 0 aliphatic heterocycles. The summed E-state index contributed by atoms with van der Waals surface area (Å²) < 4.78 is 32.6. The predicted molar refractivity (Wildman–Crippen MR) is 103 cm³/mol. The van der Waals surface area contributed by atoms with Crippen molar-refractivity contribution in [2.45, 2.75) is 24.3 Å². The van der Waals surface area contributed by atoms with Gasteiger partial charge in [0.05, 0.1) is 22.5 Å². The van der Waals surface area contributed by atoms with Crippen LogP contribution in [0.4, 0.5) is 0 Å². The Hall–Kier alpha value is -1.90. The van der Waals surface area contributed by atoms with Crippen LogP contribution in [-0.2, 0) is 14.8 Å². The molecule has 0 saturated carbocycles. The van der Waals surface area contributed by atoms with Crippen molar-refractivity contribution in [1.29, 1.82) is 0 Å². The van der Waals surface area contributed by atoms with Gasteiger partial charge in [0, 0.05) is 13.0 Å². The number of sulfonamides is 1. The SMILES string of the molecule is COc1ccc(C(C)NC(=O)CCNS(=O)(=O)c2ccccc2)cc1Br. The van der Waals surface area contributed by atoms with Crippen LogP contribution in [0, 0.1) is 0 Å². The van der Waals surface area contributed by atoms with Crippen molar-refractivity contribution >= 4 is 31.9 Å². The van der Waals surface area contributed by atoms with E-state index < -0.39 is 10.0 Å².